The Bertz CT molecular complexity index is 1410. The highest BCUT2D eigenvalue weighted by atomic mass is 16.5. The first-order chi connectivity index (χ1) is 18.2. The van der Waals surface area contributed by atoms with Crippen molar-refractivity contribution >= 4 is 16.9 Å². The van der Waals surface area contributed by atoms with E-state index in [0.717, 1.165) is 60.4 Å². The van der Waals surface area contributed by atoms with Crippen LogP contribution in [0.15, 0.2) is 48.5 Å². The number of nitrogens with one attached hydrogen (secondary N) is 1. The molecule has 4 aromatic rings. The molecule has 3 aromatic carbocycles. The molecule has 0 bridgehead atoms. The molecule has 0 unspecified atom stereocenters. The molecule has 0 radical (unpaired) electrons. The van der Waals surface area contributed by atoms with Gasteiger partial charge < -0.3 is 14.6 Å². The van der Waals surface area contributed by atoms with Gasteiger partial charge in [-0.3, -0.25) is 4.79 Å². The van der Waals surface area contributed by atoms with Crippen LogP contribution in [0.2, 0.25) is 0 Å². The summed E-state index contributed by atoms with van der Waals surface area (Å²) in [5.74, 6) is 1.83. The number of aromatic nitrogens is 2. The summed E-state index contributed by atoms with van der Waals surface area (Å²) in [4.78, 5) is 17.2. The second kappa shape index (κ2) is 12.3. The van der Waals surface area contributed by atoms with E-state index < -0.39 is 0 Å². The zero-order valence-electron chi connectivity index (χ0n) is 23.8. The maximum Gasteiger partial charge on any atom is 0.257 e. The monoisotopic (exact) mass is 511 g/mol. The van der Waals surface area contributed by atoms with E-state index in [1.165, 1.54) is 33.3 Å². The number of nitrogens with zero attached hydrogens (tertiary/aromatic N) is 2. The molecular formula is C33H41N3O2. The van der Waals surface area contributed by atoms with Crippen molar-refractivity contribution in [2.75, 3.05) is 13.2 Å². The van der Waals surface area contributed by atoms with Gasteiger partial charge >= 0.3 is 0 Å². The highest BCUT2D eigenvalue weighted by Gasteiger charge is 2.15. The van der Waals surface area contributed by atoms with Crippen molar-refractivity contribution in [3.05, 3.63) is 93.3 Å². The molecule has 38 heavy (non-hydrogen) atoms. The fourth-order valence-corrected chi connectivity index (χ4v) is 5.06. The molecule has 0 fully saturated rings. The molecule has 1 amide bonds. The number of hydrogen-bond donors (Lipinski definition) is 1. The van der Waals surface area contributed by atoms with Gasteiger partial charge in [0.2, 0.25) is 0 Å². The zero-order valence-corrected chi connectivity index (χ0v) is 23.8. The van der Waals surface area contributed by atoms with Gasteiger partial charge in [-0.2, -0.15) is 0 Å². The average Bonchev–Trinajstić information content (AvgIpc) is 3.25. The maximum atomic E-state index is 12.2. The summed E-state index contributed by atoms with van der Waals surface area (Å²) in [6.45, 7) is 14.4. The first-order valence-corrected chi connectivity index (χ1v) is 13.7. The van der Waals surface area contributed by atoms with Gasteiger partial charge in [0.25, 0.3) is 5.91 Å². The number of imidazole rings is 1. The lowest BCUT2D eigenvalue weighted by molar-refractivity contribution is -0.123. The largest absolute Gasteiger partial charge is 0.483 e. The zero-order chi connectivity index (χ0) is 27.2. The van der Waals surface area contributed by atoms with Gasteiger partial charge in [0.05, 0.1) is 11.0 Å². The normalized spacial score (nSPS) is 11.2. The fraction of sp³-hybridized carbons (Fsp3) is 0.394. The van der Waals surface area contributed by atoms with E-state index in [0.29, 0.717) is 6.54 Å². The Morgan fingerprint density at radius 1 is 0.868 bits per heavy atom. The van der Waals surface area contributed by atoms with Gasteiger partial charge in [0.15, 0.2) is 6.61 Å². The lowest BCUT2D eigenvalue weighted by atomic mass is 9.94. The van der Waals surface area contributed by atoms with E-state index in [2.05, 4.69) is 67.9 Å². The molecule has 0 saturated heterocycles. The first kappa shape index (κ1) is 27.4. The van der Waals surface area contributed by atoms with E-state index in [-0.39, 0.29) is 12.5 Å². The van der Waals surface area contributed by atoms with E-state index in [1.807, 2.05) is 32.0 Å². The summed E-state index contributed by atoms with van der Waals surface area (Å²) in [5.41, 5.74) is 11.2. The van der Waals surface area contributed by atoms with Crippen molar-refractivity contribution in [1.82, 2.24) is 14.9 Å². The molecule has 0 aliphatic carbocycles. The van der Waals surface area contributed by atoms with Crippen molar-refractivity contribution in [2.45, 2.75) is 73.8 Å². The Morgan fingerprint density at radius 3 is 2.37 bits per heavy atom. The highest BCUT2D eigenvalue weighted by Crippen LogP contribution is 2.26. The van der Waals surface area contributed by atoms with E-state index in [9.17, 15) is 4.79 Å². The summed E-state index contributed by atoms with van der Waals surface area (Å²) >= 11 is 0. The molecule has 5 nitrogen and oxygen atoms in total. The van der Waals surface area contributed by atoms with Gasteiger partial charge in [-0.25, -0.2) is 4.98 Å². The molecule has 4 rings (SSSR count). The van der Waals surface area contributed by atoms with Crippen LogP contribution in [0.4, 0.5) is 0 Å². The molecule has 0 aliphatic heterocycles. The Balaban J connectivity index is 1.31. The molecule has 1 heterocycles. The van der Waals surface area contributed by atoms with Gasteiger partial charge in [-0.05, 0) is 112 Å². The van der Waals surface area contributed by atoms with Crippen molar-refractivity contribution < 1.29 is 9.53 Å². The topological polar surface area (TPSA) is 56.1 Å². The first-order valence-electron chi connectivity index (χ1n) is 13.7. The van der Waals surface area contributed by atoms with Crippen LogP contribution in [0.5, 0.6) is 5.75 Å². The molecule has 0 saturated carbocycles. The molecule has 200 valence electrons. The van der Waals surface area contributed by atoms with E-state index in [1.54, 1.807) is 0 Å². The lowest BCUT2D eigenvalue weighted by Crippen LogP contribution is -2.29. The predicted octanol–water partition coefficient (Wildman–Crippen LogP) is 6.84. The molecular weight excluding hydrogens is 470 g/mol. The minimum atomic E-state index is -0.0770. The standard InChI is InChI=1S/C33H41N3O2/c1-22-15-16-23(2)31(18-22)38-21-33(37)34-17-11-7-8-14-32-35-29-12-9-10-13-30(29)36(32)20-28-26(5)24(3)19-25(4)27(28)6/h9-10,12-13,15-16,18-19H,7-8,11,14,17,20-21H2,1-6H3,(H,34,37). The Morgan fingerprint density at radius 2 is 1.61 bits per heavy atom. The number of carbonyl (C=O) groups excluding carboxylic acids is 1. The number of rotatable bonds is 11. The molecule has 0 aliphatic rings. The second-order valence-electron chi connectivity index (χ2n) is 10.6. The Hall–Kier alpha value is -3.60. The predicted molar refractivity (Wildman–Crippen MR) is 156 cm³/mol. The number of aryl methyl sites for hydroxylation is 5. The second-order valence-corrected chi connectivity index (χ2v) is 10.6. The number of fused-ring (bicyclic) bond motifs is 1. The van der Waals surface area contributed by atoms with Crippen LogP contribution in [0, 0.1) is 41.5 Å². The third-order valence-electron chi connectivity index (χ3n) is 7.67. The quantitative estimate of drug-likeness (QED) is 0.224. The number of hydrogen-bond acceptors (Lipinski definition) is 3. The van der Waals surface area contributed by atoms with Crippen molar-refractivity contribution in [2.24, 2.45) is 0 Å². The molecule has 1 aromatic heterocycles. The summed E-state index contributed by atoms with van der Waals surface area (Å²) in [6, 6.07) is 16.8. The number of unbranched alkanes of at least 4 members (excludes halogenated alkanes) is 2. The van der Waals surface area contributed by atoms with Crippen LogP contribution in [0.3, 0.4) is 0 Å². The van der Waals surface area contributed by atoms with Crippen molar-refractivity contribution in [3.8, 4) is 5.75 Å². The maximum absolute atomic E-state index is 12.2. The van der Waals surface area contributed by atoms with Crippen LogP contribution in [-0.4, -0.2) is 28.6 Å². The fourth-order valence-electron chi connectivity index (χ4n) is 5.06. The summed E-state index contributed by atoms with van der Waals surface area (Å²) in [6.07, 6.45) is 3.91. The van der Waals surface area contributed by atoms with Crippen LogP contribution in [0.1, 0.15) is 64.0 Å². The minimum Gasteiger partial charge on any atom is -0.483 e. The van der Waals surface area contributed by atoms with Crippen LogP contribution in [0.25, 0.3) is 11.0 Å². The van der Waals surface area contributed by atoms with Gasteiger partial charge in [0.1, 0.15) is 11.6 Å². The van der Waals surface area contributed by atoms with Crippen LogP contribution in [-0.2, 0) is 17.8 Å². The van der Waals surface area contributed by atoms with Gasteiger partial charge in [0, 0.05) is 19.5 Å². The Labute approximate surface area is 227 Å². The number of para-hydroxylation sites is 2. The number of benzene rings is 3. The lowest BCUT2D eigenvalue weighted by Gasteiger charge is -2.18. The summed E-state index contributed by atoms with van der Waals surface area (Å²) in [5, 5.41) is 2.99. The van der Waals surface area contributed by atoms with Crippen LogP contribution < -0.4 is 10.1 Å². The summed E-state index contributed by atoms with van der Waals surface area (Å²) in [7, 11) is 0. The number of ether oxygens (including phenoxy) is 1. The molecule has 5 heteroatoms. The Kier molecular flexibility index (Phi) is 8.88. The number of amides is 1. The molecule has 1 N–H and O–H groups in total. The number of carbonyl (C=O) groups is 1. The van der Waals surface area contributed by atoms with E-state index in [4.69, 9.17) is 9.72 Å². The van der Waals surface area contributed by atoms with Gasteiger partial charge in [-0.15, -0.1) is 0 Å². The SMILES string of the molecule is Cc1ccc(C)c(OCC(=O)NCCCCCc2nc3ccccc3n2Cc2c(C)c(C)cc(C)c2C)c1. The average molecular weight is 512 g/mol. The van der Waals surface area contributed by atoms with Crippen molar-refractivity contribution in [3.63, 3.8) is 0 Å². The van der Waals surface area contributed by atoms with Crippen LogP contribution >= 0.6 is 0 Å². The summed E-state index contributed by atoms with van der Waals surface area (Å²) < 4.78 is 8.11. The molecule has 0 spiro atoms. The molecule has 0 atom stereocenters. The third kappa shape index (κ3) is 6.45. The van der Waals surface area contributed by atoms with E-state index >= 15 is 0 Å². The minimum absolute atomic E-state index is 0.0472. The highest BCUT2D eigenvalue weighted by molar-refractivity contribution is 5.77. The third-order valence-corrected chi connectivity index (χ3v) is 7.67. The smallest absolute Gasteiger partial charge is 0.257 e. The van der Waals surface area contributed by atoms with Gasteiger partial charge in [-0.1, -0.05) is 36.8 Å². The van der Waals surface area contributed by atoms with Crippen molar-refractivity contribution in [1.29, 1.82) is 0 Å².